The van der Waals surface area contributed by atoms with E-state index < -0.39 is 5.25 Å². The van der Waals surface area contributed by atoms with Crippen LogP contribution in [0.1, 0.15) is 6.42 Å². The molecule has 2 heterocycles. The molecule has 1 aliphatic heterocycles. The van der Waals surface area contributed by atoms with Crippen molar-refractivity contribution in [1.82, 2.24) is 10.2 Å². The fourth-order valence-corrected chi connectivity index (χ4v) is 4.18. The molecule has 1 aromatic heterocycles. The second-order valence-corrected chi connectivity index (χ2v) is 7.31. The van der Waals surface area contributed by atoms with E-state index in [9.17, 15) is 9.59 Å². The number of aromatic nitrogens is 2. The second-order valence-electron chi connectivity index (χ2n) is 4.86. The van der Waals surface area contributed by atoms with Crippen LogP contribution in [0.15, 0.2) is 22.5 Å². The minimum Gasteiger partial charge on any atom is -0.497 e. The first-order valence-corrected chi connectivity index (χ1v) is 8.57. The summed E-state index contributed by atoms with van der Waals surface area (Å²) in [4.78, 5) is 26.1. The molecule has 1 fully saturated rings. The zero-order valence-electron chi connectivity index (χ0n) is 12.9. The Balaban J connectivity index is 1.86. The van der Waals surface area contributed by atoms with Gasteiger partial charge in [-0.25, -0.2) is 4.90 Å². The Labute approximate surface area is 145 Å². The molecule has 0 radical (unpaired) electrons. The zero-order chi connectivity index (χ0) is 17.3. The van der Waals surface area contributed by atoms with E-state index in [0.717, 1.165) is 4.90 Å². The van der Waals surface area contributed by atoms with Crippen molar-refractivity contribution < 1.29 is 19.1 Å². The number of hydrogen-bond donors (Lipinski definition) is 1. The van der Waals surface area contributed by atoms with Gasteiger partial charge in [-0.1, -0.05) is 23.1 Å². The average Bonchev–Trinajstić information content (AvgIpc) is 3.10. The third-order valence-corrected chi connectivity index (χ3v) is 5.39. The molecule has 0 spiro atoms. The first kappa shape index (κ1) is 16.5. The zero-order valence-corrected chi connectivity index (χ0v) is 14.5. The van der Waals surface area contributed by atoms with Crippen LogP contribution in [0.4, 0.5) is 10.8 Å². The van der Waals surface area contributed by atoms with Gasteiger partial charge >= 0.3 is 0 Å². The summed E-state index contributed by atoms with van der Waals surface area (Å²) in [5.74, 6) is 0.398. The highest BCUT2D eigenvalue weighted by molar-refractivity contribution is 8.02. The first-order chi connectivity index (χ1) is 11.5. The molecule has 1 aromatic carbocycles. The Hall–Kier alpha value is -2.33. The Morgan fingerprint density at radius 1 is 1.21 bits per heavy atom. The summed E-state index contributed by atoms with van der Waals surface area (Å²) in [6.45, 7) is 0. The quantitative estimate of drug-likeness (QED) is 0.795. The van der Waals surface area contributed by atoms with E-state index >= 15 is 0 Å². The van der Waals surface area contributed by atoms with Gasteiger partial charge in [0.1, 0.15) is 16.7 Å². The average molecular weight is 366 g/mol. The SMILES string of the molecule is COc1cc(OC)cc(N2C(=O)C[C@@H](Sc3nnc(N)s3)C2=O)c1. The summed E-state index contributed by atoms with van der Waals surface area (Å²) >= 11 is 2.38. The molecular formula is C14H14N4O4S2. The molecule has 0 saturated carbocycles. The number of benzene rings is 1. The van der Waals surface area contributed by atoms with Gasteiger partial charge in [-0.15, -0.1) is 10.2 Å². The summed E-state index contributed by atoms with van der Waals surface area (Å²) in [5, 5.41) is 7.35. The molecule has 24 heavy (non-hydrogen) atoms. The van der Waals surface area contributed by atoms with E-state index in [1.165, 1.54) is 37.3 Å². The number of amides is 2. The molecule has 10 heteroatoms. The molecule has 126 valence electrons. The highest BCUT2D eigenvalue weighted by atomic mass is 32.2. The van der Waals surface area contributed by atoms with Gasteiger partial charge < -0.3 is 15.2 Å². The van der Waals surface area contributed by atoms with E-state index in [-0.39, 0.29) is 18.2 Å². The third kappa shape index (κ3) is 3.15. The van der Waals surface area contributed by atoms with Crippen LogP contribution in [0, 0.1) is 0 Å². The molecule has 1 aliphatic rings. The van der Waals surface area contributed by atoms with Crippen molar-refractivity contribution in [1.29, 1.82) is 0 Å². The van der Waals surface area contributed by atoms with Crippen molar-refractivity contribution in [3.63, 3.8) is 0 Å². The fourth-order valence-electron chi connectivity index (χ4n) is 2.28. The Kier molecular flexibility index (Phi) is 4.58. The van der Waals surface area contributed by atoms with Crippen molar-refractivity contribution in [2.45, 2.75) is 16.0 Å². The number of carbonyl (C=O) groups excluding carboxylic acids is 2. The largest absolute Gasteiger partial charge is 0.497 e. The lowest BCUT2D eigenvalue weighted by atomic mass is 10.2. The van der Waals surface area contributed by atoms with Crippen molar-refractivity contribution in [2.24, 2.45) is 0 Å². The fraction of sp³-hybridized carbons (Fsp3) is 0.286. The maximum Gasteiger partial charge on any atom is 0.247 e. The molecule has 2 N–H and O–H groups in total. The number of methoxy groups -OCH3 is 2. The highest BCUT2D eigenvalue weighted by Crippen LogP contribution is 2.37. The molecule has 1 saturated heterocycles. The number of hydrogen-bond acceptors (Lipinski definition) is 9. The Morgan fingerprint density at radius 3 is 2.42 bits per heavy atom. The molecule has 0 aliphatic carbocycles. The lowest BCUT2D eigenvalue weighted by Gasteiger charge is -2.16. The van der Waals surface area contributed by atoms with Gasteiger partial charge in [0.2, 0.25) is 16.9 Å². The van der Waals surface area contributed by atoms with Gasteiger partial charge in [-0.2, -0.15) is 0 Å². The minimum atomic E-state index is -0.554. The molecular weight excluding hydrogens is 352 g/mol. The number of nitrogens with zero attached hydrogens (tertiary/aromatic N) is 3. The maximum absolute atomic E-state index is 12.7. The van der Waals surface area contributed by atoms with Crippen molar-refractivity contribution in [3.05, 3.63) is 18.2 Å². The van der Waals surface area contributed by atoms with Gasteiger partial charge in [0.05, 0.1) is 19.9 Å². The molecule has 8 nitrogen and oxygen atoms in total. The van der Waals surface area contributed by atoms with Crippen molar-refractivity contribution >= 4 is 45.7 Å². The van der Waals surface area contributed by atoms with Crippen LogP contribution >= 0.6 is 23.1 Å². The second kappa shape index (κ2) is 6.65. The lowest BCUT2D eigenvalue weighted by Crippen LogP contribution is -2.31. The van der Waals surface area contributed by atoms with Gasteiger partial charge in [0.15, 0.2) is 4.34 Å². The summed E-state index contributed by atoms with van der Waals surface area (Å²) < 4.78 is 10.9. The molecule has 0 unspecified atom stereocenters. The van der Waals surface area contributed by atoms with Crippen LogP contribution < -0.4 is 20.1 Å². The predicted molar refractivity (Wildman–Crippen MR) is 90.6 cm³/mol. The normalized spacial score (nSPS) is 17.4. The molecule has 3 rings (SSSR count). The van der Waals surface area contributed by atoms with E-state index in [1.807, 2.05) is 0 Å². The number of nitrogen functional groups attached to an aromatic ring is 1. The predicted octanol–water partition coefficient (Wildman–Crippen LogP) is 1.56. The van der Waals surface area contributed by atoms with Crippen molar-refractivity contribution in [2.75, 3.05) is 24.9 Å². The molecule has 1 atom stereocenters. The lowest BCUT2D eigenvalue weighted by molar-refractivity contribution is -0.121. The summed E-state index contributed by atoms with van der Waals surface area (Å²) in [6, 6.07) is 4.91. The van der Waals surface area contributed by atoms with Crippen LogP contribution in [0.5, 0.6) is 11.5 Å². The number of imide groups is 1. The van der Waals surface area contributed by atoms with Crippen LogP contribution in [0.3, 0.4) is 0 Å². The molecule has 0 bridgehead atoms. The number of nitrogens with two attached hydrogens (primary N) is 1. The topological polar surface area (TPSA) is 108 Å². The number of rotatable bonds is 5. The van der Waals surface area contributed by atoms with E-state index in [0.29, 0.717) is 26.7 Å². The van der Waals surface area contributed by atoms with Crippen LogP contribution in [0.2, 0.25) is 0 Å². The molecule has 2 amide bonds. The minimum absolute atomic E-state index is 0.0858. The summed E-state index contributed by atoms with van der Waals surface area (Å²) in [5.41, 5.74) is 5.96. The highest BCUT2D eigenvalue weighted by Gasteiger charge is 2.41. The van der Waals surface area contributed by atoms with Gasteiger partial charge in [0, 0.05) is 24.6 Å². The number of carbonyl (C=O) groups is 2. The Morgan fingerprint density at radius 2 is 1.88 bits per heavy atom. The number of ether oxygens (including phenoxy) is 2. The van der Waals surface area contributed by atoms with E-state index in [1.54, 1.807) is 18.2 Å². The number of thioether (sulfide) groups is 1. The smallest absolute Gasteiger partial charge is 0.247 e. The van der Waals surface area contributed by atoms with Crippen LogP contribution in [-0.2, 0) is 9.59 Å². The third-order valence-electron chi connectivity index (χ3n) is 3.36. The Bertz CT molecular complexity index is 773. The summed E-state index contributed by atoms with van der Waals surface area (Å²) in [6.07, 6.45) is 0.0858. The summed E-state index contributed by atoms with van der Waals surface area (Å²) in [7, 11) is 3.01. The van der Waals surface area contributed by atoms with Gasteiger partial charge in [0.25, 0.3) is 0 Å². The monoisotopic (exact) mass is 366 g/mol. The standard InChI is InChI=1S/C14H14N4O4S2/c1-21-8-3-7(4-9(5-8)22-2)18-11(19)6-10(12(18)20)23-14-17-16-13(15)24-14/h3-5,10H,6H2,1-2H3,(H2,15,16)/t10-/m1/s1. The van der Waals surface area contributed by atoms with Crippen LogP contribution in [-0.4, -0.2) is 41.5 Å². The van der Waals surface area contributed by atoms with E-state index in [4.69, 9.17) is 15.2 Å². The first-order valence-electron chi connectivity index (χ1n) is 6.87. The maximum atomic E-state index is 12.7. The van der Waals surface area contributed by atoms with Gasteiger partial charge in [-0.05, 0) is 0 Å². The van der Waals surface area contributed by atoms with Gasteiger partial charge in [-0.3, -0.25) is 9.59 Å². The molecule has 2 aromatic rings. The van der Waals surface area contributed by atoms with E-state index in [2.05, 4.69) is 10.2 Å². The van der Waals surface area contributed by atoms with Crippen molar-refractivity contribution in [3.8, 4) is 11.5 Å². The number of anilines is 2. The van der Waals surface area contributed by atoms with Crippen LogP contribution in [0.25, 0.3) is 0 Å².